The molecule has 4 atom stereocenters. The highest BCUT2D eigenvalue weighted by molar-refractivity contribution is 7.90. The number of rotatable bonds is 8. The largest absolute Gasteiger partial charge is 0.598 e. The number of hydrogen-bond donors (Lipinski definition) is 2. The van der Waals surface area contributed by atoms with Gasteiger partial charge in [0.25, 0.3) is 11.8 Å². The van der Waals surface area contributed by atoms with Crippen molar-refractivity contribution in [2.75, 3.05) is 6.54 Å². The van der Waals surface area contributed by atoms with Gasteiger partial charge in [-0.15, -0.1) is 4.72 Å². The van der Waals surface area contributed by atoms with Crippen molar-refractivity contribution in [2.24, 2.45) is 11.8 Å². The number of alkyl carbamates (subject to hydrolysis) is 1. The second-order valence-electron chi connectivity index (χ2n) is 11.6. The molecule has 1 aliphatic heterocycles. The Morgan fingerprint density at radius 2 is 1.66 bits per heavy atom. The zero-order chi connectivity index (χ0) is 26.1. The van der Waals surface area contributed by atoms with Crippen molar-refractivity contribution in [3.8, 4) is 0 Å². The lowest BCUT2D eigenvalue weighted by atomic mass is 9.73. The van der Waals surface area contributed by atoms with Gasteiger partial charge >= 0.3 is 6.09 Å². The minimum Gasteiger partial charge on any atom is -0.598 e. The average Bonchev–Trinajstić information content (AvgIpc) is 2.92. The average molecular weight is 506 g/mol. The summed E-state index contributed by atoms with van der Waals surface area (Å²) in [4.78, 5) is 40.2. The van der Waals surface area contributed by atoms with E-state index in [2.05, 4.69) is 10.0 Å². The number of benzene rings is 1. The van der Waals surface area contributed by atoms with Crippen LogP contribution >= 0.6 is 0 Å². The third kappa shape index (κ3) is 6.57. The molecule has 8 nitrogen and oxygen atoms in total. The Morgan fingerprint density at radius 1 is 1.11 bits per heavy atom. The molecular weight excluding hydrogens is 466 g/mol. The van der Waals surface area contributed by atoms with E-state index in [4.69, 9.17) is 4.74 Å². The van der Waals surface area contributed by atoms with Crippen molar-refractivity contribution in [1.82, 2.24) is 14.9 Å². The first-order valence-electron chi connectivity index (χ1n) is 12.3. The first-order valence-corrected chi connectivity index (χ1v) is 13.5. The Balaban J connectivity index is 1.90. The van der Waals surface area contributed by atoms with Gasteiger partial charge < -0.3 is 14.6 Å². The maximum atomic E-state index is 13.1. The molecule has 1 aromatic rings. The van der Waals surface area contributed by atoms with Gasteiger partial charge in [0.2, 0.25) is 0 Å². The monoisotopic (exact) mass is 505 g/mol. The molecule has 3 amide bonds. The van der Waals surface area contributed by atoms with Gasteiger partial charge in [-0.05, 0) is 79.4 Å². The number of nitrogens with zero attached hydrogens (tertiary/aromatic N) is 1. The van der Waals surface area contributed by atoms with Crippen LogP contribution in [0.3, 0.4) is 0 Å². The lowest BCUT2D eigenvalue weighted by molar-refractivity contribution is 0.0446. The molecule has 0 spiro atoms. The molecule has 3 rings (SSSR count). The van der Waals surface area contributed by atoms with E-state index in [1.54, 1.807) is 45.0 Å². The molecule has 1 fully saturated rings. The van der Waals surface area contributed by atoms with Crippen molar-refractivity contribution >= 4 is 29.3 Å². The summed E-state index contributed by atoms with van der Waals surface area (Å²) in [5.74, 6) is -0.834. The van der Waals surface area contributed by atoms with Gasteiger partial charge in [-0.3, -0.25) is 14.5 Å². The molecule has 1 aromatic carbocycles. The number of carbonyl (C=O) groups excluding carboxylic acids is 3. The topological polar surface area (TPSA) is 111 Å². The Hall–Kier alpha value is -2.10. The number of hydrogen-bond acceptors (Lipinski definition) is 6. The third-order valence-corrected chi connectivity index (χ3v) is 8.18. The summed E-state index contributed by atoms with van der Waals surface area (Å²) >= 11 is -1.36. The Labute approximate surface area is 211 Å². The van der Waals surface area contributed by atoms with Crippen LogP contribution in [0.15, 0.2) is 24.3 Å². The van der Waals surface area contributed by atoms with Crippen LogP contribution in [0.2, 0.25) is 0 Å². The molecule has 1 saturated carbocycles. The molecule has 1 heterocycles. The van der Waals surface area contributed by atoms with Gasteiger partial charge in [0.1, 0.15) is 10.3 Å². The molecule has 0 bridgehead atoms. The second-order valence-corrected chi connectivity index (χ2v) is 13.6. The van der Waals surface area contributed by atoms with Gasteiger partial charge in [0.15, 0.2) is 0 Å². The van der Waals surface area contributed by atoms with Gasteiger partial charge in [-0.25, -0.2) is 4.79 Å². The normalized spacial score (nSPS) is 20.1. The molecular formula is C26H39N3O5S. The SMILES string of the molecule is C[C@@H](NC(=O)OC(C)(C)C)C(CN1C(=O)c2ccccc2C1=O)C(N[S+]([O-])C(C)(C)C)C1CCC1. The summed E-state index contributed by atoms with van der Waals surface area (Å²) in [6.07, 6.45) is 2.41. The van der Waals surface area contributed by atoms with Gasteiger partial charge in [0.05, 0.1) is 17.2 Å². The molecule has 0 saturated heterocycles. The fourth-order valence-corrected chi connectivity index (χ4v) is 5.40. The Kier molecular flexibility index (Phi) is 8.23. The summed E-state index contributed by atoms with van der Waals surface area (Å²) in [5.41, 5.74) is 0.104. The van der Waals surface area contributed by atoms with E-state index in [1.807, 2.05) is 27.7 Å². The molecule has 3 unspecified atom stereocenters. The van der Waals surface area contributed by atoms with E-state index in [0.717, 1.165) is 19.3 Å². The molecule has 0 radical (unpaired) electrons. The lowest BCUT2D eigenvalue weighted by Crippen LogP contribution is -2.59. The standard InChI is InChI=1S/C26H39N3O5S/c1-16(27-24(32)34-25(2,3)4)20(21(17-11-10-12-17)28-35(33)26(5,6)7)15-29-22(30)18-13-8-9-14-19(18)23(29)31/h8-9,13-14,16-17,20-21,28H,10-12,15H2,1-7H3,(H,27,32)/t16-,20?,21?,35?/m1/s1. The molecule has 0 aromatic heterocycles. The Morgan fingerprint density at radius 3 is 2.09 bits per heavy atom. The highest BCUT2D eigenvalue weighted by Crippen LogP contribution is 2.36. The van der Waals surface area contributed by atoms with Crippen LogP contribution in [0.1, 0.15) is 88.4 Å². The van der Waals surface area contributed by atoms with E-state index in [9.17, 15) is 18.9 Å². The summed E-state index contributed by atoms with van der Waals surface area (Å²) in [6.45, 7) is 13.0. The molecule has 1 aliphatic carbocycles. The molecule has 9 heteroatoms. The van der Waals surface area contributed by atoms with E-state index in [-0.39, 0.29) is 36.2 Å². The fraction of sp³-hybridized carbons (Fsp3) is 0.654. The number of fused-ring (bicyclic) bond motifs is 1. The number of nitrogens with one attached hydrogen (secondary N) is 2. The van der Waals surface area contributed by atoms with Crippen LogP contribution in [0.4, 0.5) is 4.79 Å². The smallest absolute Gasteiger partial charge is 0.407 e. The van der Waals surface area contributed by atoms with Crippen LogP contribution in [0, 0.1) is 11.8 Å². The van der Waals surface area contributed by atoms with Crippen LogP contribution in [0.5, 0.6) is 0 Å². The van der Waals surface area contributed by atoms with E-state index in [1.165, 1.54) is 4.90 Å². The fourth-order valence-electron chi connectivity index (χ4n) is 4.43. The van der Waals surface area contributed by atoms with Crippen molar-refractivity contribution in [1.29, 1.82) is 0 Å². The zero-order valence-corrected chi connectivity index (χ0v) is 22.7. The first-order chi connectivity index (χ1) is 16.2. The van der Waals surface area contributed by atoms with Crippen molar-refractivity contribution in [3.63, 3.8) is 0 Å². The molecule has 2 aliphatic rings. The number of imide groups is 1. The molecule has 35 heavy (non-hydrogen) atoms. The predicted octanol–water partition coefficient (Wildman–Crippen LogP) is 4.03. The lowest BCUT2D eigenvalue weighted by Gasteiger charge is -2.43. The zero-order valence-electron chi connectivity index (χ0n) is 21.8. The highest BCUT2D eigenvalue weighted by atomic mass is 32.2. The predicted molar refractivity (Wildman–Crippen MR) is 136 cm³/mol. The van der Waals surface area contributed by atoms with Gasteiger partial charge in [-0.1, -0.05) is 18.6 Å². The summed E-state index contributed by atoms with van der Waals surface area (Å²) in [7, 11) is 0. The number of ether oxygens (including phenoxy) is 1. The summed E-state index contributed by atoms with van der Waals surface area (Å²) < 4.78 is 21.4. The van der Waals surface area contributed by atoms with E-state index < -0.39 is 33.8 Å². The molecule has 2 N–H and O–H groups in total. The third-order valence-electron chi connectivity index (χ3n) is 6.58. The maximum absolute atomic E-state index is 13.1. The van der Waals surface area contributed by atoms with E-state index >= 15 is 0 Å². The van der Waals surface area contributed by atoms with Crippen LogP contribution in [-0.2, 0) is 16.1 Å². The minimum atomic E-state index is -1.36. The quantitative estimate of drug-likeness (QED) is 0.408. The second kappa shape index (κ2) is 10.5. The van der Waals surface area contributed by atoms with Crippen molar-refractivity contribution in [3.05, 3.63) is 35.4 Å². The van der Waals surface area contributed by atoms with Gasteiger partial charge in [-0.2, -0.15) is 0 Å². The minimum absolute atomic E-state index is 0.0961. The maximum Gasteiger partial charge on any atom is 0.407 e. The van der Waals surface area contributed by atoms with Gasteiger partial charge in [0, 0.05) is 29.9 Å². The first kappa shape index (κ1) is 27.5. The van der Waals surface area contributed by atoms with Crippen molar-refractivity contribution in [2.45, 2.75) is 90.2 Å². The number of carbonyl (C=O) groups is 3. The van der Waals surface area contributed by atoms with Crippen LogP contribution in [0.25, 0.3) is 0 Å². The van der Waals surface area contributed by atoms with E-state index in [0.29, 0.717) is 11.1 Å². The highest BCUT2D eigenvalue weighted by Gasteiger charge is 2.45. The molecule has 194 valence electrons. The van der Waals surface area contributed by atoms with Crippen LogP contribution in [-0.4, -0.2) is 56.3 Å². The summed E-state index contributed by atoms with van der Waals surface area (Å²) in [5, 5.41) is 2.91. The van der Waals surface area contributed by atoms with Crippen LogP contribution < -0.4 is 10.0 Å². The van der Waals surface area contributed by atoms with Crippen molar-refractivity contribution < 1.29 is 23.7 Å². The summed E-state index contributed by atoms with van der Waals surface area (Å²) in [6, 6.07) is 6.07. The number of amides is 3. The Bertz CT molecular complexity index is 916.